The van der Waals surface area contributed by atoms with Crippen LogP contribution in [-0.4, -0.2) is 0 Å². The Morgan fingerprint density at radius 3 is 2.55 bits per heavy atom. The summed E-state index contributed by atoms with van der Waals surface area (Å²) in [6, 6.07) is 14.2. The largest absolute Gasteiger partial charge is 0.239 e. The lowest BCUT2D eigenvalue weighted by molar-refractivity contribution is 0.221. The maximum atomic E-state index is 14.6. The van der Waals surface area contributed by atoms with E-state index >= 15 is 0 Å². The maximum absolute atomic E-state index is 14.6. The van der Waals surface area contributed by atoms with Crippen LogP contribution in [0, 0.1) is 6.92 Å². The summed E-state index contributed by atoms with van der Waals surface area (Å²) in [5, 5.41) is 0. The minimum Gasteiger partial charge on any atom is -0.239 e. The average molecular weight is 292 g/mol. The highest BCUT2D eigenvalue weighted by Crippen LogP contribution is 2.39. The Hall–Kier alpha value is -2.15. The third-order valence-electron chi connectivity index (χ3n) is 4.24. The normalized spacial score (nSPS) is 14.5. The first kappa shape index (κ1) is 14.8. The quantitative estimate of drug-likeness (QED) is 0.651. The van der Waals surface area contributed by atoms with Gasteiger partial charge in [-0.05, 0) is 66.7 Å². The highest BCUT2D eigenvalue weighted by atomic mass is 19.1. The Balaban J connectivity index is 2.17. The van der Waals surface area contributed by atoms with E-state index in [2.05, 4.69) is 37.8 Å². The summed E-state index contributed by atoms with van der Waals surface area (Å²) in [6.45, 7) is 9.55. The molecule has 0 fully saturated rings. The number of alkyl halides is 1. The molecule has 0 bridgehead atoms. The molecule has 0 atom stereocenters. The van der Waals surface area contributed by atoms with Crippen molar-refractivity contribution >= 4 is 11.6 Å². The predicted molar refractivity (Wildman–Crippen MR) is 92.5 cm³/mol. The fourth-order valence-corrected chi connectivity index (χ4v) is 3.12. The molecule has 112 valence electrons. The molecule has 0 unspecified atom stereocenters. The fourth-order valence-electron chi connectivity index (χ4n) is 3.12. The lowest BCUT2D eigenvalue weighted by Gasteiger charge is -2.25. The zero-order valence-corrected chi connectivity index (χ0v) is 13.4. The van der Waals surface area contributed by atoms with Gasteiger partial charge in [-0.15, -0.1) is 0 Å². The van der Waals surface area contributed by atoms with Crippen molar-refractivity contribution in [1.29, 1.82) is 0 Å². The van der Waals surface area contributed by atoms with Crippen LogP contribution in [0.1, 0.15) is 41.7 Å². The zero-order valence-electron chi connectivity index (χ0n) is 13.4. The Kier molecular flexibility index (Phi) is 3.52. The molecular weight excluding hydrogens is 271 g/mol. The summed E-state index contributed by atoms with van der Waals surface area (Å²) in [7, 11) is 0. The second-order valence-corrected chi connectivity index (χ2v) is 6.56. The average Bonchev–Trinajstić information content (AvgIpc) is 2.45. The third kappa shape index (κ3) is 2.64. The fraction of sp³-hybridized carbons (Fsp3) is 0.238. The molecule has 0 saturated carbocycles. The van der Waals surface area contributed by atoms with E-state index in [1.54, 1.807) is 13.8 Å². The van der Waals surface area contributed by atoms with Crippen molar-refractivity contribution in [1.82, 2.24) is 0 Å². The molecule has 0 spiro atoms. The lowest BCUT2D eigenvalue weighted by Crippen LogP contribution is -2.13. The van der Waals surface area contributed by atoms with Gasteiger partial charge in [-0.25, -0.2) is 4.39 Å². The second kappa shape index (κ2) is 5.24. The topological polar surface area (TPSA) is 0 Å². The monoisotopic (exact) mass is 292 g/mol. The number of hydrogen-bond donors (Lipinski definition) is 0. The second-order valence-electron chi connectivity index (χ2n) is 6.56. The summed E-state index contributed by atoms with van der Waals surface area (Å²) >= 11 is 0. The molecule has 0 amide bonds. The molecule has 0 N–H and O–H groups in total. The van der Waals surface area contributed by atoms with Gasteiger partial charge in [0.2, 0.25) is 0 Å². The predicted octanol–water partition coefficient (Wildman–Crippen LogP) is 5.85. The van der Waals surface area contributed by atoms with E-state index in [9.17, 15) is 4.39 Å². The van der Waals surface area contributed by atoms with Gasteiger partial charge in [0, 0.05) is 0 Å². The number of fused-ring (bicyclic) bond motifs is 1. The molecule has 1 heteroatoms. The molecule has 1 aliphatic rings. The summed E-state index contributed by atoms with van der Waals surface area (Å²) in [5.74, 6) is 0. The standard InChI is InChI=1S/C21H21F/c1-14-9-10-16-13-19(15(2)12-17(16)11-14)18-7-5-6-8-20(18)21(3,4)22/h5-11,13H,2,12H2,1,3-4H3. The summed E-state index contributed by atoms with van der Waals surface area (Å²) in [6.07, 6.45) is 2.97. The molecule has 0 nitrogen and oxygen atoms in total. The van der Waals surface area contributed by atoms with Gasteiger partial charge in [-0.2, -0.15) is 0 Å². The number of aryl methyl sites for hydroxylation is 1. The van der Waals surface area contributed by atoms with E-state index in [0.29, 0.717) is 0 Å². The van der Waals surface area contributed by atoms with Gasteiger partial charge in [0.1, 0.15) is 5.67 Å². The van der Waals surface area contributed by atoms with Crippen LogP contribution in [0.2, 0.25) is 0 Å². The number of allylic oxidation sites excluding steroid dienone is 2. The van der Waals surface area contributed by atoms with E-state index in [1.165, 1.54) is 16.7 Å². The van der Waals surface area contributed by atoms with Crippen LogP contribution in [0.4, 0.5) is 4.39 Å². The smallest absolute Gasteiger partial charge is 0.131 e. The van der Waals surface area contributed by atoms with Gasteiger partial charge >= 0.3 is 0 Å². The molecule has 0 heterocycles. The Morgan fingerprint density at radius 1 is 1.09 bits per heavy atom. The van der Waals surface area contributed by atoms with Gasteiger partial charge in [0.05, 0.1) is 0 Å². The molecule has 2 aromatic carbocycles. The molecule has 1 aliphatic carbocycles. The molecule has 0 radical (unpaired) electrons. The first-order valence-corrected chi connectivity index (χ1v) is 7.64. The molecule has 22 heavy (non-hydrogen) atoms. The Labute approximate surface area is 132 Å². The van der Waals surface area contributed by atoms with Crippen LogP contribution in [-0.2, 0) is 12.1 Å². The molecule has 0 saturated heterocycles. The van der Waals surface area contributed by atoms with Crippen molar-refractivity contribution in [3.63, 3.8) is 0 Å². The lowest BCUT2D eigenvalue weighted by atomic mass is 9.81. The third-order valence-corrected chi connectivity index (χ3v) is 4.24. The van der Waals surface area contributed by atoms with Crippen molar-refractivity contribution < 1.29 is 4.39 Å². The SMILES string of the molecule is C=C1Cc2cc(C)ccc2C=C1c1ccccc1C(C)(C)F. The van der Waals surface area contributed by atoms with Gasteiger partial charge in [0.15, 0.2) is 0 Å². The number of benzene rings is 2. The molecule has 3 rings (SSSR count). The zero-order chi connectivity index (χ0) is 15.9. The summed E-state index contributed by atoms with van der Waals surface area (Å²) in [4.78, 5) is 0. The van der Waals surface area contributed by atoms with Gasteiger partial charge < -0.3 is 0 Å². The van der Waals surface area contributed by atoms with E-state index in [-0.39, 0.29) is 0 Å². The molecule has 2 aromatic rings. The van der Waals surface area contributed by atoms with Crippen LogP contribution < -0.4 is 0 Å². The van der Waals surface area contributed by atoms with Crippen LogP contribution in [0.15, 0.2) is 54.6 Å². The van der Waals surface area contributed by atoms with Gasteiger partial charge in [-0.3, -0.25) is 0 Å². The summed E-state index contributed by atoms with van der Waals surface area (Å²) in [5.41, 5.74) is 6.17. The van der Waals surface area contributed by atoms with Crippen LogP contribution in [0.25, 0.3) is 11.6 Å². The van der Waals surface area contributed by atoms with E-state index in [4.69, 9.17) is 0 Å². The van der Waals surface area contributed by atoms with E-state index in [0.717, 1.165) is 28.7 Å². The van der Waals surface area contributed by atoms with Crippen molar-refractivity contribution in [3.8, 4) is 0 Å². The maximum Gasteiger partial charge on any atom is 0.131 e. The Morgan fingerprint density at radius 2 is 1.82 bits per heavy atom. The molecule has 0 aliphatic heterocycles. The highest BCUT2D eigenvalue weighted by Gasteiger charge is 2.25. The van der Waals surface area contributed by atoms with Crippen molar-refractivity contribution in [2.75, 3.05) is 0 Å². The van der Waals surface area contributed by atoms with Crippen LogP contribution >= 0.6 is 0 Å². The van der Waals surface area contributed by atoms with Crippen LogP contribution in [0.3, 0.4) is 0 Å². The minimum atomic E-state index is -1.37. The van der Waals surface area contributed by atoms with Gasteiger partial charge in [-0.1, -0.05) is 54.6 Å². The van der Waals surface area contributed by atoms with Crippen molar-refractivity contribution in [2.45, 2.75) is 32.9 Å². The number of rotatable bonds is 2. The Bertz CT molecular complexity index is 773. The van der Waals surface area contributed by atoms with Crippen molar-refractivity contribution in [2.24, 2.45) is 0 Å². The summed E-state index contributed by atoms with van der Waals surface area (Å²) < 4.78 is 14.6. The highest BCUT2D eigenvalue weighted by molar-refractivity contribution is 5.94. The van der Waals surface area contributed by atoms with E-state index in [1.807, 2.05) is 24.3 Å². The van der Waals surface area contributed by atoms with Crippen molar-refractivity contribution in [3.05, 3.63) is 82.4 Å². The minimum absolute atomic E-state index is 0.720. The first-order valence-electron chi connectivity index (χ1n) is 7.64. The number of hydrogen-bond acceptors (Lipinski definition) is 0. The van der Waals surface area contributed by atoms with Crippen LogP contribution in [0.5, 0.6) is 0 Å². The molecule has 0 aromatic heterocycles. The number of halogens is 1. The molecular formula is C21H21F. The van der Waals surface area contributed by atoms with Gasteiger partial charge in [0.25, 0.3) is 0 Å². The first-order chi connectivity index (χ1) is 10.4. The van der Waals surface area contributed by atoms with E-state index < -0.39 is 5.67 Å².